The smallest absolute Gasteiger partial charge is 0.416 e. The van der Waals surface area contributed by atoms with Gasteiger partial charge in [-0.1, -0.05) is 6.07 Å². The van der Waals surface area contributed by atoms with Crippen molar-refractivity contribution < 1.29 is 41.9 Å². The van der Waals surface area contributed by atoms with Gasteiger partial charge in [0.15, 0.2) is 6.61 Å². The second-order valence-electron chi connectivity index (χ2n) is 5.65. The highest BCUT2D eigenvalue weighted by Crippen LogP contribution is 2.35. The molecule has 0 saturated carbocycles. The molecule has 0 atom stereocenters. The zero-order valence-electron chi connectivity index (χ0n) is 15.6. The van der Waals surface area contributed by atoms with Gasteiger partial charge in [-0.2, -0.15) is 13.2 Å². The van der Waals surface area contributed by atoms with Gasteiger partial charge in [0.25, 0.3) is 11.6 Å². The van der Waals surface area contributed by atoms with Crippen LogP contribution in [0, 0.1) is 10.1 Å². The Morgan fingerprint density at radius 2 is 1.70 bits per heavy atom. The van der Waals surface area contributed by atoms with Crippen LogP contribution in [0.5, 0.6) is 11.5 Å². The summed E-state index contributed by atoms with van der Waals surface area (Å²) in [6.45, 7) is -0.863. The predicted octanol–water partition coefficient (Wildman–Crippen LogP) is 3.43. The van der Waals surface area contributed by atoms with E-state index in [-0.39, 0.29) is 17.1 Å². The molecule has 2 rings (SSSR count). The number of nitro groups is 1. The minimum atomic E-state index is -4.80. The summed E-state index contributed by atoms with van der Waals surface area (Å²) in [6.07, 6.45) is -4.80. The summed E-state index contributed by atoms with van der Waals surface area (Å²) in [6, 6.07) is 6.10. The maximum Gasteiger partial charge on any atom is 0.416 e. The number of amides is 1. The van der Waals surface area contributed by atoms with Crippen LogP contribution in [-0.2, 0) is 15.7 Å². The van der Waals surface area contributed by atoms with Crippen LogP contribution in [0.4, 0.5) is 24.5 Å². The SMILES string of the molecule is COc1cccc(OC)c1C(=O)OCC(=O)Nc1ccc(C(F)(F)F)cc1[N+](=O)[O-]. The third-order valence-corrected chi connectivity index (χ3v) is 3.76. The van der Waals surface area contributed by atoms with Crippen LogP contribution in [0.2, 0.25) is 0 Å². The lowest BCUT2D eigenvalue weighted by Gasteiger charge is -2.13. The number of alkyl halides is 3. The Kier molecular flexibility index (Phi) is 6.82. The largest absolute Gasteiger partial charge is 0.496 e. The number of benzene rings is 2. The predicted molar refractivity (Wildman–Crippen MR) is 96.6 cm³/mol. The first-order valence-electron chi connectivity index (χ1n) is 8.12. The number of nitrogens with one attached hydrogen (secondary N) is 1. The quantitative estimate of drug-likeness (QED) is 0.408. The number of carbonyl (C=O) groups excluding carboxylic acids is 2. The minimum Gasteiger partial charge on any atom is -0.496 e. The van der Waals surface area contributed by atoms with Gasteiger partial charge in [-0.25, -0.2) is 4.79 Å². The fraction of sp³-hybridized carbons (Fsp3) is 0.222. The van der Waals surface area contributed by atoms with Crippen LogP contribution in [0.25, 0.3) is 0 Å². The molecule has 0 aliphatic rings. The summed E-state index contributed by atoms with van der Waals surface area (Å²) in [5, 5.41) is 13.1. The Morgan fingerprint density at radius 1 is 1.10 bits per heavy atom. The van der Waals surface area contributed by atoms with Crippen molar-refractivity contribution in [1.82, 2.24) is 0 Å². The van der Waals surface area contributed by atoms with E-state index < -0.39 is 46.5 Å². The van der Waals surface area contributed by atoms with Crippen molar-refractivity contribution in [3.05, 3.63) is 57.6 Å². The van der Waals surface area contributed by atoms with Crippen LogP contribution >= 0.6 is 0 Å². The van der Waals surface area contributed by atoms with Gasteiger partial charge in [-0.3, -0.25) is 14.9 Å². The van der Waals surface area contributed by atoms with Crippen molar-refractivity contribution in [2.24, 2.45) is 0 Å². The van der Waals surface area contributed by atoms with E-state index >= 15 is 0 Å². The zero-order valence-corrected chi connectivity index (χ0v) is 15.6. The maximum atomic E-state index is 12.7. The number of rotatable bonds is 7. The van der Waals surface area contributed by atoms with E-state index in [2.05, 4.69) is 0 Å². The molecule has 0 aliphatic carbocycles. The minimum absolute atomic E-state index is 0.0872. The molecular formula is C18H15F3N2O7. The van der Waals surface area contributed by atoms with Crippen molar-refractivity contribution in [1.29, 1.82) is 0 Å². The van der Waals surface area contributed by atoms with Gasteiger partial charge in [0.1, 0.15) is 22.7 Å². The first-order valence-corrected chi connectivity index (χ1v) is 8.12. The number of esters is 1. The molecule has 0 aliphatic heterocycles. The lowest BCUT2D eigenvalue weighted by Crippen LogP contribution is -2.22. The van der Waals surface area contributed by atoms with Gasteiger partial charge in [-0.05, 0) is 24.3 Å². The third kappa shape index (κ3) is 5.16. The number of halogens is 3. The number of nitrogens with zero attached hydrogens (tertiary/aromatic N) is 1. The zero-order chi connectivity index (χ0) is 22.5. The van der Waals surface area contributed by atoms with E-state index in [1.54, 1.807) is 6.07 Å². The van der Waals surface area contributed by atoms with Crippen molar-refractivity contribution in [3.8, 4) is 11.5 Å². The van der Waals surface area contributed by atoms with Gasteiger partial charge in [0, 0.05) is 6.07 Å². The second kappa shape index (κ2) is 9.11. The molecule has 0 saturated heterocycles. The summed E-state index contributed by atoms with van der Waals surface area (Å²) < 4.78 is 53.1. The van der Waals surface area contributed by atoms with E-state index in [1.807, 2.05) is 5.32 Å². The van der Waals surface area contributed by atoms with Crippen LogP contribution < -0.4 is 14.8 Å². The highest BCUT2D eigenvalue weighted by Gasteiger charge is 2.33. The standard InChI is InChI=1S/C18H15F3N2O7/c1-28-13-4-3-5-14(29-2)16(13)17(25)30-9-15(24)22-11-7-6-10(18(19,20)21)8-12(11)23(26)27/h3-8H,9H2,1-2H3,(H,22,24). The van der Waals surface area contributed by atoms with Gasteiger partial charge in [0.2, 0.25) is 0 Å². The van der Waals surface area contributed by atoms with E-state index in [4.69, 9.17) is 14.2 Å². The average Bonchev–Trinajstić information content (AvgIpc) is 2.70. The molecule has 0 spiro atoms. The van der Waals surface area contributed by atoms with Crippen molar-refractivity contribution in [3.63, 3.8) is 0 Å². The van der Waals surface area contributed by atoms with Crippen molar-refractivity contribution >= 4 is 23.3 Å². The molecule has 0 bridgehead atoms. The average molecular weight is 428 g/mol. The Bertz CT molecular complexity index is 954. The summed E-state index contributed by atoms with van der Waals surface area (Å²) in [5.41, 5.74) is -2.78. The maximum absolute atomic E-state index is 12.7. The molecule has 9 nitrogen and oxygen atoms in total. The normalized spacial score (nSPS) is 10.8. The monoisotopic (exact) mass is 428 g/mol. The fourth-order valence-corrected chi connectivity index (χ4v) is 2.41. The van der Waals surface area contributed by atoms with Crippen LogP contribution in [0.1, 0.15) is 15.9 Å². The Morgan fingerprint density at radius 3 is 2.20 bits per heavy atom. The topological polar surface area (TPSA) is 117 Å². The number of hydrogen-bond acceptors (Lipinski definition) is 7. The van der Waals surface area contributed by atoms with Gasteiger partial charge >= 0.3 is 12.1 Å². The number of methoxy groups -OCH3 is 2. The summed E-state index contributed by atoms with van der Waals surface area (Å²) in [5.74, 6) is -1.72. The van der Waals surface area contributed by atoms with E-state index in [1.165, 1.54) is 26.4 Å². The third-order valence-electron chi connectivity index (χ3n) is 3.76. The van der Waals surface area contributed by atoms with Gasteiger partial charge in [-0.15, -0.1) is 0 Å². The van der Waals surface area contributed by atoms with Crippen molar-refractivity contribution in [2.45, 2.75) is 6.18 Å². The molecule has 0 unspecified atom stereocenters. The molecule has 0 fully saturated rings. The number of hydrogen-bond donors (Lipinski definition) is 1. The molecule has 2 aromatic carbocycles. The molecule has 1 N–H and O–H groups in total. The fourth-order valence-electron chi connectivity index (χ4n) is 2.41. The van der Waals surface area contributed by atoms with E-state index in [0.717, 1.165) is 6.07 Å². The van der Waals surface area contributed by atoms with E-state index in [0.29, 0.717) is 12.1 Å². The van der Waals surface area contributed by atoms with Crippen molar-refractivity contribution in [2.75, 3.05) is 26.1 Å². The molecule has 12 heteroatoms. The number of ether oxygens (including phenoxy) is 3. The van der Waals surface area contributed by atoms with Crippen LogP contribution in [0.15, 0.2) is 36.4 Å². The molecule has 0 aromatic heterocycles. The summed E-state index contributed by atoms with van der Waals surface area (Å²) >= 11 is 0. The highest BCUT2D eigenvalue weighted by molar-refractivity contribution is 5.99. The van der Waals surface area contributed by atoms with Gasteiger partial charge < -0.3 is 19.5 Å². The molecule has 160 valence electrons. The Hall–Kier alpha value is -3.83. The van der Waals surface area contributed by atoms with E-state index in [9.17, 15) is 32.9 Å². The molecule has 30 heavy (non-hydrogen) atoms. The first-order chi connectivity index (χ1) is 14.1. The molecule has 2 aromatic rings. The van der Waals surface area contributed by atoms with Crippen LogP contribution in [0.3, 0.4) is 0 Å². The Labute approximate surface area is 167 Å². The molecule has 0 radical (unpaired) electrons. The summed E-state index contributed by atoms with van der Waals surface area (Å²) in [7, 11) is 2.62. The number of nitro benzene ring substituents is 1. The van der Waals surface area contributed by atoms with Crippen LogP contribution in [-0.4, -0.2) is 37.6 Å². The lowest BCUT2D eigenvalue weighted by atomic mass is 10.1. The second-order valence-corrected chi connectivity index (χ2v) is 5.65. The molecule has 1 amide bonds. The molecular weight excluding hydrogens is 413 g/mol. The highest BCUT2D eigenvalue weighted by atomic mass is 19.4. The lowest BCUT2D eigenvalue weighted by molar-refractivity contribution is -0.384. The number of carbonyl (C=O) groups is 2. The summed E-state index contributed by atoms with van der Waals surface area (Å²) in [4.78, 5) is 34.3. The molecule has 0 heterocycles. The first kappa shape index (κ1) is 22.5. The Balaban J connectivity index is 2.14. The van der Waals surface area contributed by atoms with Gasteiger partial charge in [0.05, 0.1) is 24.7 Å². The number of anilines is 1.